The third-order valence-electron chi connectivity index (χ3n) is 4.93. The number of hydrogen-bond acceptors (Lipinski definition) is 4. The first-order valence-electron chi connectivity index (χ1n) is 9.70. The van der Waals surface area contributed by atoms with Crippen molar-refractivity contribution >= 4 is 39.2 Å². The smallest absolute Gasteiger partial charge is 0.251 e. The minimum absolute atomic E-state index is 0.174. The summed E-state index contributed by atoms with van der Waals surface area (Å²) in [4.78, 5) is 32.4. The van der Waals surface area contributed by atoms with Gasteiger partial charge in [-0.3, -0.25) is 9.59 Å². The van der Waals surface area contributed by atoms with Crippen LogP contribution in [0.2, 0.25) is 0 Å². The summed E-state index contributed by atoms with van der Waals surface area (Å²) in [6.07, 6.45) is 0.179. The number of para-hydroxylation sites is 1. The molecule has 0 saturated heterocycles. The van der Waals surface area contributed by atoms with Gasteiger partial charge in [-0.2, -0.15) is 0 Å². The van der Waals surface area contributed by atoms with Crippen molar-refractivity contribution in [1.29, 1.82) is 0 Å². The van der Waals surface area contributed by atoms with Gasteiger partial charge in [0.15, 0.2) is 5.13 Å². The van der Waals surface area contributed by atoms with Crippen LogP contribution in [0.25, 0.3) is 22.2 Å². The fourth-order valence-corrected chi connectivity index (χ4v) is 4.16. The van der Waals surface area contributed by atoms with E-state index in [2.05, 4.69) is 26.7 Å². The van der Waals surface area contributed by atoms with Gasteiger partial charge in [0, 0.05) is 46.1 Å². The van der Waals surface area contributed by atoms with E-state index in [1.807, 2.05) is 55.6 Å². The number of benzene rings is 2. The summed E-state index contributed by atoms with van der Waals surface area (Å²) >= 11 is 1.39. The van der Waals surface area contributed by atoms with Crippen molar-refractivity contribution in [2.24, 2.45) is 0 Å². The molecule has 0 aliphatic heterocycles. The minimum atomic E-state index is -0.184. The first-order valence-corrected chi connectivity index (χ1v) is 10.6. The van der Waals surface area contributed by atoms with Gasteiger partial charge in [-0.1, -0.05) is 36.4 Å². The van der Waals surface area contributed by atoms with Crippen molar-refractivity contribution in [2.45, 2.75) is 20.3 Å². The largest absolute Gasteiger partial charge is 0.358 e. The highest BCUT2D eigenvalue weighted by Gasteiger charge is 2.15. The van der Waals surface area contributed by atoms with Crippen LogP contribution >= 0.6 is 11.3 Å². The Morgan fingerprint density at radius 1 is 1.07 bits per heavy atom. The molecule has 2 aromatic heterocycles. The average molecular weight is 419 g/mol. The molecule has 0 aliphatic rings. The second-order valence-corrected chi connectivity index (χ2v) is 7.94. The van der Waals surface area contributed by atoms with E-state index in [-0.39, 0.29) is 24.8 Å². The van der Waals surface area contributed by atoms with Crippen molar-refractivity contribution in [3.8, 4) is 11.3 Å². The lowest BCUT2D eigenvalue weighted by Crippen LogP contribution is -2.28. The number of aryl methyl sites for hydroxylation is 2. The Kier molecular flexibility index (Phi) is 5.63. The number of carbonyl (C=O) groups excluding carboxylic acids is 2. The molecule has 0 bridgehead atoms. The second-order valence-electron chi connectivity index (χ2n) is 7.08. The number of nitrogens with one attached hydrogen (secondary N) is 3. The van der Waals surface area contributed by atoms with E-state index >= 15 is 0 Å². The summed E-state index contributed by atoms with van der Waals surface area (Å²) in [5.41, 5.74) is 5.51. The van der Waals surface area contributed by atoms with E-state index < -0.39 is 0 Å². The van der Waals surface area contributed by atoms with E-state index in [0.717, 1.165) is 33.4 Å². The first kappa shape index (κ1) is 19.8. The lowest BCUT2D eigenvalue weighted by atomic mass is 10.1. The number of rotatable bonds is 6. The number of fused-ring (bicyclic) bond motifs is 1. The Balaban J connectivity index is 1.36. The van der Waals surface area contributed by atoms with Crippen molar-refractivity contribution in [2.75, 3.05) is 11.9 Å². The highest BCUT2D eigenvalue weighted by Crippen LogP contribution is 2.33. The molecule has 0 unspecified atom stereocenters. The number of carbonyl (C=O) groups is 2. The van der Waals surface area contributed by atoms with Gasteiger partial charge in [0.2, 0.25) is 5.91 Å². The van der Waals surface area contributed by atoms with Gasteiger partial charge in [0.05, 0.1) is 5.69 Å². The van der Waals surface area contributed by atoms with Crippen LogP contribution in [-0.2, 0) is 4.79 Å². The molecule has 2 heterocycles. The number of thiazole rings is 1. The maximum absolute atomic E-state index is 12.3. The number of anilines is 1. The molecule has 3 N–H and O–H groups in total. The van der Waals surface area contributed by atoms with Crippen molar-refractivity contribution in [1.82, 2.24) is 15.3 Å². The van der Waals surface area contributed by atoms with Gasteiger partial charge in [0.25, 0.3) is 5.91 Å². The Morgan fingerprint density at radius 3 is 2.67 bits per heavy atom. The molecule has 0 saturated carbocycles. The molecule has 4 rings (SSSR count). The SMILES string of the molecule is Cc1ccccc1C(=O)NCCC(=O)Nc1nc(-c2c(C)[nH]c3ccccc23)cs1. The zero-order valence-corrected chi connectivity index (χ0v) is 17.6. The molecule has 6 nitrogen and oxygen atoms in total. The molecule has 7 heteroatoms. The Hall–Kier alpha value is -3.45. The highest BCUT2D eigenvalue weighted by atomic mass is 32.1. The molecule has 152 valence electrons. The standard InChI is InChI=1S/C23H22N4O2S/c1-14-7-3-4-8-16(14)22(29)24-12-11-20(28)27-23-26-19(13-30-23)21-15(2)25-18-10-6-5-9-17(18)21/h3-10,13,25H,11-12H2,1-2H3,(H,24,29)(H,26,27,28). The fraction of sp³-hybridized carbons (Fsp3) is 0.174. The molecule has 2 amide bonds. The van der Waals surface area contributed by atoms with Gasteiger partial charge in [0.1, 0.15) is 0 Å². The summed E-state index contributed by atoms with van der Waals surface area (Å²) in [6, 6.07) is 15.5. The number of amides is 2. The zero-order chi connectivity index (χ0) is 21.1. The summed E-state index contributed by atoms with van der Waals surface area (Å²) in [5, 5.41) is 9.21. The third-order valence-corrected chi connectivity index (χ3v) is 5.69. The molecular formula is C23H22N4O2S. The molecule has 0 aliphatic carbocycles. The van der Waals surface area contributed by atoms with Gasteiger partial charge in [-0.25, -0.2) is 4.98 Å². The lowest BCUT2D eigenvalue weighted by Gasteiger charge is -2.07. The predicted molar refractivity (Wildman–Crippen MR) is 121 cm³/mol. The normalized spacial score (nSPS) is 10.9. The van der Waals surface area contributed by atoms with Gasteiger partial charge >= 0.3 is 0 Å². The first-order chi connectivity index (χ1) is 14.5. The van der Waals surface area contributed by atoms with E-state index in [1.165, 1.54) is 11.3 Å². The number of aromatic amines is 1. The quantitative estimate of drug-likeness (QED) is 0.425. The van der Waals surface area contributed by atoms with Crippen LogP contribution in [0.4, 0.5) is 5.13 Å². The molecule has 0 fully saturated rings. The molecule has 2 aromatic carbocycles. The minimum Gasteiger partial charge on any atom is -0.358 e. The van der Waals surface area contributed by atoms with E-state index in [9.17, 15) is 9.59 Å². The molecule has 4 aromatic rings. The monoisotopic (exact) mass is 418 g/mol. The van der Waals surface area contributed by atoms with Crippen LogP contribution in [0.15, 0.2) is 53.9 Å². The van der Waals surface area contributed by atoms with Crippen LogP contribution in [0.5, 0.6) is 0 Å². The molecule has 0 spiro atoms. The van der Waals surface area contributed by atoms with Crippen molar-refractivity contribution in [3.05, 3.63) is 70.7 Å². The van der Waals surface area contributed by atoms with E-state index in [4.69, 9.17) is 0 Å². The van der Waals surface area contributed by atoms with E-state index in [0.29, 0.717) is 10.7 Å². The van der Waals surface area contributed by atoms with Crippen LogP contribution < -0.4 is 10.6 Å². The Labute approximate surface area is 178 Å². The summed E-state index contributed by atoms with van der Waals surface area (Å²) in [7, 11) is 0. The summed E-state index contributed by atoms with van der Waals surface area (Å²) < 4.78 is 0. The maximum Gasteiger partial charge on any atom is 0.251 e. The molecular weight excluding hydrogens is 396 g/mol. The lowest BCUT2D eigenvalue weighted by molar-refractivity contribution is -0.116. The second kappa shape index (κ2) is 8.51. The van der Waals surface area contributed by atoms with Gasteiger partial charge < -0.3 is 15.6 Å². The molecule has 0 radical (unpaired) electrons. The number of hydrogen-bond donors (Lipinski definition) is 3. The number of aromatic nitrogens is 2. The third kappa shape index (κ3) is 4.11. The summed E-state index contributed by atoms with van der Waals surface area (Å²) in [5.74, 6) is -0.358. The van der Waals surface area contributed by atoms with Crippen LogP contribution in [-0.4, -0.2) is 28.3 Å². The van der Waals surface area contributed by atoms with E-state index in [1.54, 1.807) is 6.07 Å². The fourth-order valence-electron chi connectivity index (χ4n) is 3.45. The van der Waals surface area contributed by atoms with Crippen LogP contribution in [0.3, 0.4) is 0 Å². The Bertz CT molecular complexity index is 1220. The maximum atomic E-state index is 12.3. The Morgan fingerprint density at radius 2 is 1.83 bits per heavy atom. The van der Waals surface area contributed by atoms with Gasteiger partial charge in [-0.15, -0.1) is 11.3 Å². The predicted octanol–water partition coefficient (Wildman–Crippen LogP) is 4.67. The molecule has 0 atom stereocenters. The molecule has 30 heavy (non-hydrogen) atoms. The zero-order valence-electron chi connectivity index (χ0n) is 16.8. The summed E-state index contributed by atoms with van der Waals surface area (Å²) in [6.45, 7) is 4.17. The van der Waals surface area contributed by atoms with Gasteiger partial charge in [-0.05, 0) is 31.5 Å². The highest BCUT2D eigenvalue weighted by molar-refractivity contribution is 7.14. The number of nitrogens with zero attached hydrogens (tertiary/aromatic N) is 1. The number of H-pyrrole nitrogens is 1. The average Bonchev–Trinajstić information content (AvgIpc) is 3.30. The van der Waals surface area contributed by atoms with Crippen molar-refractivity contribution < 1.29 is 9.59 Å². The van der Waals surface area contributed by atoms with Crippen LogP contribution in [0, 0.1) is 13.8 Å². The van der Waals surface area contributed by atoms with Crippen molar-refractivity contribution in [3.63, 3.8) is 0 Å². The topological polar surface area (TPSA) is 86.9 Å². The van der Waals surface area contributed by atoms with Crippen LogP contribution in [0.1, 0.15) is 28.0 Å².